The molecule has 0 bridgehead atoms. The average molecular weight is 338 g/mol. The van der Waals surface area contributed by atoms with Gasteiger partial charge in [0.2, 0.25) is 0 Å². The van der Waals surface area contributed by atoms with Crippen LogP contribution in [0, 0.1) is 0 Å². The molecule has 1 aliphatic rings. The molecule has 1 aromatic rings. The number of likely N-dealkylation sites (tertiary alicyclic amines) is 1. The summed E-state index contributed by atoms with van der Waals surface area (Å²) in [6.07, 6.45) is 5.51. The van der Waals surface area contributed by atoms with Crippen LogP contribution in [0.15, 0.2) is 17.4 Å². The van der Waals surface area contributed by atoms with E-state index in [-0.39, 0.29) is 12.1 Å². The monoisotopic (exact) mass is 338 g/mol. The van der Waals surface area contributed by atoms with Crippen LogP contribution in [0.5, 0.6) is 0 Å². The van der Waals surface area contributed by atoms with Crippen molar-refractivity contribution >= 4 is 23.7 Å². The van der Waals surface area contributed by atoms with Crippen LogP contribution in [0.4, 0.5) is 10.6 Å². The van der Waals surface area contributed by atoms with E-state index in [1.54, 1.807) is 11.1 Å². The lowest BCUT2D eigenvalue weighted by molar-refractivity contribution is 0.0199. The zero-order chi connectivity index (χ0) is 17.0. The lowest BCUT2D eigenvalue weighted by Crippen LogP contribution is -2.50. The number of ether oxygens (including phenoxy) is 1. The third-order valence-corrected chi connectivity index (χ3v) is 4.32. The van der Waals surface area contributed by atoms with Crippen LogP contribution in [-0.4, -0.2) is 59.0 Å². The number of piperidine rings is 1. The van der Waals surface area contributed by atoms with Gasteiger partial charge in [-0.15, -0.1) is 0 Å². The summed E-state index contributed by atoms with van der Waals surface area (Å²) >= 11 is 1.53. The fraction of sp³-hybridized carbons (Fsp3) is 0.688. The van der Waals surface area contributed by atoms with E-state index in [0.29, 0.717) is 6.54 Å². The molecule has 1 unspecified atom stereocenters. The molecule has 6 nitrogen and oxygen atoms in total. The molecule has 1 atom stereocenters. The van der Waals surface area contributed by atoms with Crippen LogP contribution in [0.2, 0.25) is 0 Å². The van der Waals surface area contributed by atoms with Crippen LogP contribution in [0.3, 0.4) is 0 Å². The van der Waals surface area contributed by atoms with Crippen LogP contribution in [0.1, 0.15) is 33.6 Å². The van der Waals surface area contributed by atoms with Gasteiger partial charge in [-0.3, -0.25) is 0 Å². The molecule has 1 aromatic heterocycles. The minimum absolute atomic E-state index is 0.233. The summed E-state index contributed by atoms with van der Waals surface area (Å²) in [7, 11) is 2.02. The first-order chi connectivity index (χ1) is 10.8. The second kappa shape index (κ2) is 7.38. The van der Waals surface area contributed by atoms with E-state index < -0.39 is 5.60 Å². The van der Waals surface area contributed by atoms with Gasteiger partial charge >= 0.3 is 6.09 Å². The maximum atomic E-state index is 12.3. The fourth-order valence-electron chi connectivity index (χ4n) is 2.58. The highest BCUT2D eigenvalue weighted by atomic mass is 32.2. The lowest BCUT2D eigenvalue weighted by Gasteiger charge is -2.38. The quantitative estimate of drug-likeness (QED) is 0.624. The highest BCUT2D eigenvalue weighted by molar-refractivity contribution is 7.98. The van der Waals surface area contributed by atoms with Crippen molar-refractivity contribution < 1.29 is 9.53 Å². The molecule has 0 radical (unpaired) electrons. The van der Waals surface area contributed by atoms with Crippen molar-refractivity contribution in [2.45, 2.75) is 50.4 Å². The highest BCUT2D eigenvalue weighted by Crippen LogP contribution is 2.22. The van der Waals surface area contributed by atoms with Gasteiger partial charge in [0.25, 0.3) is 0 Å². The molecule has 0 saturated carbocycles. The van der Waals surface area contributed by atoms with Crippen molar-refractivity contribution in [1.82, 2.24) is 14.9 Å². The number of carbonyl (C=O) groups is 1. The maximum absolute atomic E-state index is 12.3. The van der Waals surface area contributed by atoms with Gasteiger partial charge in [0, 0.05) is 32.4 Å². The molecule has 2 rings (SSSR count). The molecular weight excluding hydrogens is 312 g/mol. The Morgan fingerprint density at radius 2 is 2.22 bits per heavy atom. The minimum Gasteiger partial charge on any atom is -0.444 e. The third-order valence-electron chi connectivity index (χ3n) is 3.76. The number of likely N-dealkylation sites (N-methyl/N-ethyl adjacent to an activating group) is 1. The minimum atomic E-state index is -0.462. The van der Waals surface area contributed by atoms with E-state index in [4.69, 9.17) is 4.74 Å². The van der Waals surface area contributed by atoms with Gasteiger partial charge in [-0.1, -0.05) is 11.8 Å². The summed E-state index contributed by atoms with van der Waals surface area (Å²) in [6.45, 7) is 7.08. The average Bonchev–Trinajstić information content (AvgIpc) is 2.52. The second-order valence-electron chi connectivity index (χ2n) is 6.73. The number of nitrogens with zero attached hydrogens (tertiary/aromatic N) is 4. The molecule has 128 valence electrons. The van der Waals surface area contributed by atoms with Crippen LogP contribution in [-0.2, 0) is 4.74 Å². The number of rotatable bonds is 3. The van der Waals surface area contributed by atoms with Crippen molar-refractivity contribution in [3.8, 4) is 0 Å². The number of carbonyl (C=O) groups excluding carboxylic acids is 1. The van der Waals surface area contributed by atoms with Gasteiger partial charge in [0.1, 0.15) is 11.4 Å². The van der Waals surface area contributed by atoms with E-state index in [2.05, 4.69) is 14.9 Å². The zero-order valence-electron chi connectivity index (χ0n) is 14.6. The molecule has 1 fully saturated rings. The molecule has 1 amide bonds. The first-order valence-electron chi connectivity index (χ1n) is 7.88. The van der Waals surface area contributed by atoms with Gasteiger partial charge in [-0.2, -0.15) is 0 Å². The Morgan fingerprint density at radius 1 is 1.48 bits per heavy atom. The first kappa shape index (κ1) is 17.8. The number of hydrogen-bond donors (Lipinski definition) is 0. The van der Waals surface area contributed by atoms with Crippen molar-refractivity contribution in [3.63, 3.8) is 0 Å². The molecule has 7 heteroatoms. The summed E-state index contributed by atoms with van der Waals surface area (Å²) in [4.78, 5) is 25.0. The Bertz CT molecular complexity index is 547. The molecule has 1 aliphatic heterocycles. The Kier molecular flexibility index (Phi) is 5.73. The smallest absolute Gasteiger partial charge is 0.410 e. The topological polar surface area (TPSA) is 58.6 Å². The lowest BCUT2D eigenvalue weighted by atomic mass is 10.0. The number of amides is 1. The standard InChI is InChI=1S/C16H26N4O2S/c1-16(2,3)22-15(21)20-10-6-7-12(11-20)19(4)13-8-9-17-14(18-13)23-5/h8-9,12H,6-7,10-11H2,1-5H3. The zero-order valence-corrected chi connectivity index (χ0v) is 15.4. The van der Waals surface area contributed by atoms with Crippen LogP contribution >= 0.6 is 11.8 Å². The molecule has 0 spiro atoms. The van der Waals surface area contributed by atoms with Crippen molar-refractivity contribution in [1.29, 1.82) is 0 Å². The molecule has 0 N–H and O–H groups in total. The van der Waals surface area contributed by atoms with E-state index in [1.807, 2.05) is 40.1 Å². The Hall–Kier alpha value is -1.50. The third kappa shape index (κ3) is 4.99. The SMILES string of the molecule is CSc1nccc(N(C)C2CCCN(C(=O)OC(C)(C)C)C2)n1. The van der Waals surface area contributed by atoms with Gasteiger partial charge in [-0.05, 0) is 45.9 Å². The van der Waals surface area contributed by atoms with Gasteiger partial charge in [0.15, 0.2) is 5.16 Å². The molecule has 1 saturated heterocycles. The predicted molar refractivity (Wildman–Crippen MR) is 93.0 cm³/mol. The van der Waals surface area contributed by atoms with Gasteiger partial charge < -0.3 is 14.5 Å². The molecular formula is C16H26N4O2S. The second-order valence-corrected chi connectivity index (χ2v) is 7.51. The number of thioether (sulfide) groups is 1. The molecule has 0 aromatic carbocycles. The number of anilines is 1. The van der Waals surface area contributed by atoms with E-state index in [0.717, 1.165) is 30.4 Å². The van der Waals surface area contributed by atoms with Crippen LogP contribution < -0.4 is 4.90 Å². The van der Waals surface area contributed by atoms with E-state index in [9.17, 15) is 4.79 Å². The fourth-order valence-corrected chi connectivity index (χ4v) is 2.93. The van der Waals surface area contributed by atoms with Crippen molar-refractivity contribution in [2.24, 2.45) is 0 Å². The van der Waals surface area contributed by atoms with Gasteiger partial charge in [-0.25, -0.2) is 14.8 Å². The highest BCUT2D eigenvalue weighted by Gasteiger charge is 2.29. The summed E-state index contributed by atoms with van der Waals surface area (Å²) in [5.74, 6) is 0.889. The summed E-state index contributed by atoms with van der Waals surface area (Å²) in [6, 6.07) is 2.15. The van der Waals surface area contributed by atoms with Crippen LogP contribution in [0.25, 0.3) is 0 Å². The molecule has 2 heterocycles. The van der Waals surface area contributed by atoms with Gasteiger partial charge in [0.05, 0.1) is 0 Å². The largest absolute Gasteiger partial charge is 0.444 e. The Labute approximate surface area is 142 Å². The number of aromatic nitrogens is 2. The summed E-state index contributed by atoms with van der Waals surface area (Å²) in [5.41, 5.74) is -0.462. The van der Waals surface area contributed by atoms with Crippen molar-refractivity contribution in [3.05, 3.63) is 12.3 Å². The normalized spacial score (nSPS) is 18.7. The van der Waals surface area contributed by atoms with E-state index in [1.165, 1.54) is 11.8 Å². The Morgan fingerprint density at radius 3 is 2.87 bits per heavy atom. The summed E-state index contributed by atoms with van der Waals surface area (Å²) in [5, 5.41) is 0.758. The molecule has 23 heavy (non-hydrogen) atoms. The summed E-state index contributed by atoms with van der Waals surface area (Å²) < 4.78 is 5.49. The number of hydrogen-bond acceptors (Lipinski definition) is 6. The van der Waals surface area contributed by atoms with Crippen molar-refractivity contribution in [2.75, 3.05) is 31.3 Å². The van der Waals surface area contributed by atoms with E-state index >= 15 is 0 Å². The maximum Gasteiger partial charge on any atom is 0.410 e. The molecule has 0 aliphatic carbocycles. The first-order valence-corrected chi connectivity index (χ1v) is 9.10. The Balaban J connectivity index is 2.03. The predicted octanol–water partition coefficient (Wildman–Crippen LogP) is 3.03.